The zero-order valence-electron chi connectivity index (χ0n) is 22.9. The Balaban J connectivity index is 2.09. The molecule has 0 radical (unpaired) electrons. The monoisotopic (exact) mass is 553 g/mol. The lowest BCUT2D eigenvalue weighted by Crippen LogP contribution is -2.51. The Morgan fingerprint density at radius 2 is 1.56 bits per heavy atom. The summed E-state index contributed by atoms with van der Waals surface area (Å²) in [4.78, 5) is 28.2. The molecule has 0 aliphatic heterocycles. The number of carbonyl (C=O) groups excluding carboxylic acids is 2. The van der Waals surface area contributed by atoms with Gasteiger partial charge in [-0.15, -0.1) is 0 Å². The Morgan fingerprint density at radius 3 is 2.13 bits per heavy atom. The molecular formula is C29H35N3O6S. The number of methoxy groups -OCH3 is 2. The smallest absolute Gasteiger partial charge is 0.264 e. The molecule has 1 N–H and O–H groups in total. The van der Waals surface area contributed by atoms with Gasteiger partial charge in [0.15, 0.2) is 0 Å². The number of hydrogen-bond donors (Lipinski definition) is 1. The number of sulfonamides is 1. The van der Waals surface area contributed by atoms with Gasteiger partial charge in [-0.2, -0.15) is 0 Å². The van der Waals surface area contributed by atoms with Crippen molar-refractivity contribution in [1.82, 2.24) is 10.2 Å². The van der Waals surface area contributed by atoms with Gasteiger partial charge in [0.25, 0.3) is 10.0 Å². The predicted molar refractivity (Wildman–Crippen MR) is 150 cm³/mol. The highest BCUT2D eigenvalue weighted by atomic mass is 32.2. The summed E-state index contributed by atoms with van der Waals surface area (Å²) in [6, 6.07) is 19.3. The van der Waals surface area contributed by atoms with Gasteiger partial charge in [0.1, 0.15) is 24.1 Å². The van der Waals surface area contributed by atoms with Crippen molar-refractivity contribution in [2.75, 3.05) is 32.1 Å². The van der Waals surface area contributed by atoms with E-state index < -0.39 is 28.5 Å². The molecule has 0 heterocycles. The van der Waals surface area contributed by atoms with Gasteiger partial charge in [-0.1, -0.05) is 48.9 Å². The first-order valence-corrected chi connectivity index (χ1v) is 14.0. The molecule has 3 rings (SSSR count). The summed E-state index contributed by atoms with van der Waals surface area (Å²) in [6.07, 6.45) is 0.344. The van der Waals surface area contributed by atoms with E-state index in [1.807, 2.05) is 31.2 Å². The van der Waals surface area contributed by atoms with Crippen LogP contribution in [0.1, 0.15) is 24.5 Å². The largest absolute Gasteiger partial charge is 0.497 e. The molecule has 0 aromatic heterocycles. The third kappa shape index (κ3) is 6.88. The third-order valence-corrected chi connectivity index (χ3v) is 8.16. The number of nitrogens with zero attached hydrogens (tertiary/aromatic N) is 2. The van der Waals surface area contributed by atoms with Crippen LogP contribution in [-0.2, 0) is 26.2 Å². The van der Waals surface area contributed by atoms with Crippen LogP contribution in [0.3, 0.4) is 0 Å². The van der Waals surface area contributed by atoms with E-state index in [-0.39, 0.29) is 28.8 Å². The first kappa shape index (κ1) is 29.5. The van der Waals surface area contributed by atoms with Crippen molar-refractivity contribution in [3.63, 3.8) is 0 Å². The van der Waals surface area contributed by atoms with E-state index in [1.165, 1.54) is 50.4 Å². The molecular weight excluding hydrogens is 518 g/mol. The fourth-order valence-electron chi connectivity index (χ4n) is 4.20. The maximum absolute atomic E-state index is 14.0. The van der Waals surface area contributed by atoms with Crippen LogP contribution >= 0.6 is 0 Å². The molecule has 0 saturated carbocycles. The fraction of sp³-hybridized carbons (Fsp3) is 0.310. The van der Waals surface area contributed by atoms with E-state index in [4.69, 9.17) is 9.47 Å². The lowest BCUT2D eigenvalue weighted by atomic mass is 10.1. The van der Waals surface area contributed by atoms with Crippen LogP contribution in [-0.4, -0.2) is 59.0 Å². The molecule has 0 aliphatic rings. The van der Waals surface area contributed by atoms with Crippen LogP contribution < -0.4 is 19.1 Å². The van der Waals surface area contributed by atoms with E-state index in [2.05, 4.69) is 5.32 Å². The number of amides is 2. The van der Waals surface area contributed by atoms with Gasteiger partial charge in [-0.05, 0) is 55.3 Å². The van der Waals surface area contributed by atoms with E-state index in [0.717, 1.165) is 15.4 Å². The van der Waals surface area contributed by atoms with Gasteiger partial charge in [-0.3, -0.25) is 13.9 Å². The van der Waals surface area contributed by atoms with Gasteiger partial charge < -0.3 is 19.7 Å². The highest BCUT2D eigenvalue weighted by Crippen LogP contribution is 2.33. The standard InChI is InChI=1S/C29H35N3O6S/c1-6-25(29(34)30-3)31(19-22-13-11-21(2)12-14-22)28(33)20-32(26-9-7-8-10-27(26)38-5)39(35,36)24-17-15-23(37-4)16-18-24/h7-18,25H,6,19-20H2,1-5H3,(H,30,34)/t25-/m0/s1. The number of ether oxygens (including phenoxy) is 2. The first-order chi connectivity index (χ1) is 18.7. The van der Waals surface area contributed by atoms with Crippen molar-refractivity contribution in [2.24, 2.45) is 0 Å². The van der Waals surface area contributed by atoms with E-state index in [1.54, 1.807) is 31.2 Å². The zero-order valence-corrected chi connectivity index (χ0v) is 23.7. The number of para-hydroxylation sites is 2. The number of benzene rings is 3. The van der Waals surface area contributed by atoms with Crippen molar-refractivity contribution in [3.05, 3.63) is 83.9 Å². The molecule has 3 aromatic rings. The zero-order chi connectivity index (χ0) is 28.6. The van der Waals surface area contributed by atoms with Crippen LogP contribution in [0, 0.1) is 6.92 Å². The SMILES string of the molecule is CC[C@@H](C(=O)NC)N(Cc1ccc(C)cc1)C(=O)CN(c1ccccc1OC)S(=O)(=O)c1ccc(OC)cc1. The van der Waals surface area contributed by atoms with Crippen LogP contribution in [0.15, 0.2) is 77.7 Å². The minimum atomic E-state index is -4.23. The summed E-state index contributed by atoms with van der Waals surface area (Å²) in [5, 5.41) is 2.62. The molecule has 0 unspecified atom stereocenters. The van der Waals surface area contributed by atoms with Gasteiger partial charge in [0.05, 0.1) is 24.8 Å². The fourth-order valence-corrected chi connectivity index (χ4v) is 5.63. The van der Waals surface area contributed by atoms with Crippen molar-refractivity contribution in [3.8, 4) is 11.5 Å². The predicted octanol–water partition coefficient (Wildman–Crippen LogP) is 3.76. The number of rotatable bonds is 12. The lowest BCUT2D eigenvalue weighted by Gasteiger charge is -2.33. The quantitative estimate of drug-likeness (QED) is 0.366. The van der Waals surface area contributed by atoms with Crippen LogP contribution in [0.5, 0.6) is 11.5 Å². The maximum atomic E-state index is 14.0. The highest BCUT2D eigenvalue weighted by Gasteiger charge is 2.34. The number of nitrogens with one attached hydrogen (secondary N) is 1. The Labute approximate surface area is 230 Å². The van der Waals surface area contributed by atoms with E-state index >= 15 is 0 Å². The summed E-state index contributed by atoms with van der Waals surface area (Å²) in [6.45, 7) is 3.35. The van der Waals surface area contributed by atoms with E-state index in [0.29, 0.717) is 12.2 Å². The van der Waals surface area contributed by atoms with Crippen molar-refractivity contribution < 1.29 is 27.5 Å². The first-order valence-electron chi connectivity index (χ1n) is 12.5. The van der Waals surface area contributed by atoms with Crippen molar-refractivity contribution in [2.45, 2.75) is 37.8 Å². The van der Waals surface area contributed by atoms with Crippen molar-refractivity contribution in [1.29, 1.82) is 0 Å². The second-order valence-electron chi connectivity index (χ2n) is 8.90. The Kier molecular flexibility index (Phi) is 9.95. The van der Waals surface area contributed by atoms with Crippen LogP contribution in [0.4, 0.5) is 5.69 Å². The van der Waals surface area contributed by atoms with Crippen LogP contribution in [0.2, 0.25) is 0 Å². The van der Waals surface area contributed by atoms with E-state index in [9.17, 15) is 18.0 Å². The summed E-state index contributed by atoms with van der Waals surface area (Å²) in [5.74, 6) is -0.0887. The van der Waals surface area contributed by atoms with Gasteiger partial charge in [-0.25, -0.2) is 8.42 Å². The minimum absolute atomic E-state index is 0.0227. The number of anilines is 1. The molecule has 0 fully saturated rings. The maximum Gasteiger partial charge on any atom is 0.264 e. The van der Waals surface area contributed by atoms with Crippen LogP contribution in [0.25, 0.3) is 0 Å². The summed E-state index contributed by atoms with van der Waals surface area (Å²) < 4.78 is 39.6. The molecule has 10 heteroatoms. The summed E-state index contributed by atoms with van der Waals surface area (Å²) in [7, 11) is 0.202. The number of aryl methyl sites for hydroxylation is 1. The Hall–Kier alpha value is -4.05. The van der Waals surface area contributed by atoms with Gasteiger partial charge in [0.2, 0.25) is 11.8 Å². The molecule has 0 spiro atoms. The summed E-state index contributed by atoms with van der Waals surface area (Å²) >= 11 is 0. The molecule has 9 nitrogen and oxygen atoms in total. The average molecular weight is 554 g/mol. The molecule has 0 bridgehead atoms. The second-order valence-corrected chi connectivity index (χ2v) is 10.8. The molecule has 1 atom stereocenters. The molecule has 0 saturated heterocycles. The molecule has 0 aliphatic carbocycles. The molecule has 208 valence electrons. The Morgan fingerprint density at radius 1 is 0.923 bits per heavy atom. The van der Waals surface area contributed by atoms with Crippen molar-refractivity contribution >= 4 is 27.5 Å². The number of carbonyl (C=O) groups is 2. The summed E-state index contributed by atoms with van der Waals surface area (Å²) in [5.41, 5.74) is 2.08. The second kappa shape index (κ2) is 13.1. The Bertz CT molecular complexity index is 1370. The number of hydrogen-bond acceptors (Lipinski definition) is 6. The molecule has 3 aromatic carbocycles. The highest BCUT2D eigenvalue weighted by molar-refractivity contribution is 7.92. The normalized spacial score (nSPS) is 11.8. The molecule has 39 heavy (non-hydrogen) atoms. The third-order valence-electron chi connectivity index (χ3n) is 6.39. The topological polar surface area (TPSA) is 105 Å². The van der Waals surface area contributed by atoms with Gasteiger partial charge >= 0.3 is 0 Å². The number of likely N-dealkylation sites (N-methyl/N-ethyl adjacent to an activating group) is 1. The molecule has 2 amide bonds. The van der Waals surface area contributed by atoms with Gasteiger partial charge in [0, 0.05) is 13.6 Å². The minimum Gasteiger partial charge on any atom is -0.497 e. The average Bonchev–Trinajstić information content (AvgIpc) is 2.96. The lowest BCUT2D eigenvalue weighted by molar-refractivity contribution is -0.140.